The summed E-state index contributed by atoms with van der Waals surface area (Å²) in [6.45, 7) is 1.85. The predicted molar refractivity (Wildman–Crippen MR) is 55.1 cm³/mol. The van der Waals surface area contributed by atoms with Crippen molar-refractivity contribution in [3.8, 4) is 0 Å². The minimum Gasteiger partial charge on any atom is -0.469 e. The molecule has 1 atom stereocenters. The molecule has 0 aliphatic carbocycles. The van der Waals surface area contributed by atoms with E-state index in [1.165, 1.54) is 7.11 Å². The second-order valence-corrected chi connectivity index (χ2v) is 4.04. The van der Waals surface area contributed by atoms with E-state index in [4.69, 9.17) is 0 Å². The highest BCUT2D eigenvalue weighted by atomic mass is 32.2. The summed E-state index contributed by atoms with van der Waals surface area (Å²) in [4.78, 5) is 15.2. The SMILES string of the molecule is COC(=O)C(C)CSc1nccn1C. The molecule has 0 N–H and O–H groups in total. The summed E-state index contributed by atoms with van der Waals surface area (Å²) in [6.07, 6.45) is 3.62. The first kappa shape index (κ1) is 11.1. The highest BCUT2D eigenvalue weighted by Gasteiger charge is 2.14. The van der Waals surface area contributed by atoms with Gasteiger partial charge in [-0.05, 0) is 0 Å². The zero-order chi connectivity index (χ0) is 10.6. The first-order valence-electron chi connectivity index (χ1n) is 4.33. The molecule has 1 unspecified atom stereocenters. The Bertz CT molecular complexity index is 312. The number of thioether (sulfide) groups is 1. The number of esters is 1. The first-order chi connectivity index (χ1) is 6.65. The number of aryl methyl sites for hydroxylation is 1. The van der Waals surface area contributed by atoms with Crippen molar-refractivity contribution >= 4 is 17.7 Å². The van der Waals surface area contributed by atoms with E-state index in [9.17, 15) is 4.79 Å². The Morgan fingerprint density at radius 2 is 2.50 bits per heavy atom. The molecule has 0 saturated heterocycles. The van der Waals surface area contributed by atoms with Crippen molar-refractivity contribution in [2.24, 2.45) is 13.0 Å². The Hall–Kier alpha value is -0.970. The van der Waals surface area contributed by atoms with Gasteiger partial charge in [-0.1, -0.05) is 18.7 Å². The second kappa shape index (κ2) is 5.05. The van der Waals surface area contributed by atoms with E-state index in [1.54, 1.807) is 18.0 Å². The van der Waals surface area contributed by atoms with Crippen LogP contribution in [0.4, 0.5) is 0 Å². The minimum atomic E-state index is -0.174. The molecule has 1 aromatic heterocycles. The van der Waals surface area contributed by atoms with E-state index in [-0.39, 0.29) is 11.9 Å². The van der Waals surface area contributed by atoms with Crippen LogP contribution >= 0.6 is 11.8 Å². The van der Waals surface area contributed by atoms with E-state index in [0.717, 1.165) is 5.16 Å². The summed E-state index contributed by atoms with van der Waals surface area (Å²) in [5.41, 5.74) is 0. The summed E-state index contributed by atoms with van der Waals surface area (Å²) in [7, 11) is 3.34. The standard InChI is InChI=1S/C9H14N2O2S/c1-7(8(12)13-3)6-14-9-10-4-5-11(9)2/h4-5,7H,6H2,1-3H3. The maximum Gasteiger partial charge on any atom is 0.309 e. The lowest BCUT2D eigenvalue weighted by Crippen LogP contribution is -2.15. The van der Waals surface area contributed by atoms with Crippen LogP contribution in [0.5, 0.6) is 0 Å². The third-order valence-corrected chi connectivity index (χ3v) is 3.16. The molecule has 1 aromatic rings. The average Bonchev–Trinajstić information content (AvgIpc) is 2.59. The molecule has 4 nitrogen and oxygen atoms in total. The maximum absolute atomic E-state index is 11.1. The predicted octanol–water partition coefficient (Wildman–Crippen LogP) is 1.32. The largest absolute Gasteiger partial charge is 0.469 e. The van der Waals surface area contributed by atoms with Crippen LogP contribution in [0.2, 0.25) is 0 Å². The van der Waals surface area contributed by atoms with Crippen LogP contribution in [-0.4, -0.2) is 28.4 Å². The molecular weight excluding hydrogens is 200 g/mol. The normalized spacial score (nSPS) is 12.5. The zero-order valence-corrected chi connectivity index (χ0v) is 9.37. The Morgan fingerprint density at radius 1 is 1.79 bits per heavy atom. The van der Waals surface area contributed by atoms with Crippen LogP contribution in [0, 0.1) is 5.92 Å². The van der Waals surface area contributed by atoms with Crippen LogP contribution in [0.15, 0.2) is 17.6 Å². The van der Waals surface area contributed by atoms with Gasteiger partial charge in [0.1, 0.15) is 0 Å². The molecule has 0 radical (unpaired) electrons. The summed E-state index contributed by atoms with van der Waals surface area (Å²) >= 11 is 1.56. The van der Waals surface area contributed by atoms with Gasteiger partial charge in [0.25, 0.3) is 0 Å². The van der Waals surface area contributed by atoms with Crippen molar-refractivity contribution in [1.29, 1.82) is 0 Å². The van der Waals surface area contributed by atoms with Gasteiger partial charge in [0.15, 0.2) is 5.16 Å². The number of methoxy groups -OCH3 is 1. The Balaban J connectivity index is 2.41. The molecule has 0 fully saturated rings. The molecule has 0 saturated carbocycles. The second-order valence-electron chi connectivity index (χ2n) is 3.06. The van der Waals surface area contributed by atoms with Crippen molar-refractivity contribution in [2.45, 2.75) is 12.1 Å². The zero-order valence-electron chi connectivity index (χ0n) is 8.56. The Kier molecular flexibility index (Phi) is 4.00. The summed E-state index contributed by atoms with van der Waals surface area (Å²) < 4.78 is 6.56. The van der Waals surface area contributed by atoms with Gasteiger partial charge < -0.3 is 9.30 Å². The molecule has 0 aromatic carbocycles. The molecular formula is C9H14N2O2S. The quantitative estimate of drug-likeness (QED) is 0.560. The lowest BCUT2D eigenvalue weighted by atomic mass is 10.2. The molecule has 0 amide bonds. The highest BCUT2D eigenvalue weighted by Crippen LogP contribution is 2.18. The van der Waals surface area contributed by atoms with Crippen LogP contribution in [0.3, 0.4) is 0 Å². The van der Waals surface area contributed by atoms with Gasteiger partial charge in [-0.3, -0.25) is 4.79 Å². The summed E-state index contributed by atoms with van der Waals surface area (Å²) in [6, 6.07) is 0. The summed E-state index contributed by atoms with van der Waals surface area (Å²) in [5, 5.41) is 0.917. The molecule has 0 aliphatic rings. The monoisotopic (exact) mass is 214 g/mol. The lowest BCUT2D eigenvalue weighted by Gasteiger charge is -2.07. The molecule has 78 valence electrons. The minimum absolute atomic E-state index is 0.0956. The van der Waals surface area contributed by atoms with Crippen molar-refractivity contribution in [3.63, 3.8) is 0 Å². The fourth-order valence-electron chi connectivity index (χ4n) is 0.960. The third kappa shape index (κ3) is 2.77. The van der Waals surface area contributed by atoms with Crippen LogP contribution in [-0.2, 0) is 16.6 Å². The topological polar surface area (TPSA) is 44.1 Å². The number of nitrogens with zero attached hydrogens (tertiary/aromatic N) is 2. The van der Waals surface area contributed by atoms with Crippen molar-refractivity contribution in [2.75, 3.05) is 12.9 Å². The number of aromatic nitrogens is 2. The van der Waals surface area contributed by atoms with Gasteiger partial charge in [-0.2, -0.15) is 0 Å². The average molecular weight is 214 g/mol. The molecule has 14 heavy (non-hydrogen) atoms. The molecule has 0 bridgehead atoms. The van der Waals surface area contributed by atoms with E-state index < -0.39 is 0 Å². The molecule has 0 aliphatic heterocycles. The smallest absolute Gasteiger partial charge is 0.309 e. The van der Waals surface area contributed by atoms with Gasteiger partial charge in [0, 0.05) is 25.2 Å². The molecule has 1 heterocycles. The van der Waals surface area contributed by atoms with Crippen molar-refractivity contribution < 1.29 is 9.53 Å². The van der Waals surface area contributed by atoms with Crippen LogP contribution in [0.25, 0.3) is 0 Å². The molecule has 5 heteroatoms. The number of hydrogen-bond acceptors (Lipinski definition) is 4. The lowest BCUT2D eigenvalue weighted by molar-refractivity contribution is -0.143. The summed E-state index contributed by atoms with van der Waals surface area (Å²) in [5.74, 6) is 0.422. The number of ether oxygens (including phenoxy) is 1. The van der Waals surface area contributed by atoms with E-state index >= 15 is 0 Å². The number of imidazole rings is 1. The van der Waals surface area contributed by atoms with Gasteiger partial charge in [0.2, 0.25) is 0 Å². The number of carbonyl (C=O) groups excluding carboxylic acids is 1. The highest BCUT2D eigenvalue weighted by molar-refractivity contribution is 7.99. The van der Waals surface area contributed by atoms with Gasteiger partial charge in [0.05, 0.1) is 13.0 Å². The fraction of sp³-hybridized carbons (Fsp3) is 0.556. The molecule has 1 rings (SSSR count). The van der Waals surface area contributed by atoms with Gasteiger partial charge in [-0.25, -0.2) is 4.98 Å². The number of rotatable bonds is 4. The van der Waals surface area contributed by atoms with E-state index in [0.29, 0.717) is 5.75 Å². The van der Waals surface area contributed by atoms with E-state index in [2.05, 4.69) is 9.72 Å². The van der Waals surface area contributed by atoms with Crippen molar-refractivity contribution in [3.05, 3.63) is 12.4 Å². The number of carbonyl (C=O) groups is 1. The molecule has 0 spiro atoms. The Morgan fingerprint density at radius 3 is 3.00 bits per heavy atom. The Labute approximate surface area is 87.7 Å². The van der Waals surface area contributed by atoms with Crippen LogP contribution in [0.1, 0.15) is 6.92 Å². The van der Waals surface area contributed by atoms with Crippen LogP contribution < -0.4 is 0 Å². The number of hydrogen-bond donors (Lipinski definition) is 0. The van der Waals surface area contributed by atoms with Gasteiger partial charge in [-0.15, -0.1) is 0 Å². The first-order valence-corrected chi connectivity index (χ1v) is 5.31. The van der Waals surface area contributed by atoms with Gasteiger partial charge >= 0.3 is 5.97 Å². The maximum atomic E-state index is 11.1. The third-order valence-electron chi connectivity index (χ3n) is 1.84. The fourth-order valence-corrected chi connectivity index (χ4v) is 1.89. The van der Waals surface area contributed by atoms with E-state index in [1.807, 2.05) is 24.7 Å². The van der Waals surface area contributed by atoms with Crippen molar-refractivity contribution in [1.82, 2.24) is 9.55 Å².